The van der Waals surface area contributed by atoms with E-state index < -0.39 is 53.5 Å². The molecule has 0 amide bonds. The van der Waals surface area contributed by atoms with Gasteiger partial charge in [0.25, 0.3) is 20.0 Å². The highest BCUT2D eigenvalue weighted by Gasteiger charge is 2.45. The number of benzene rings is 3. The molecule has 1 heterocycles. The van der Waals surface area contributed by atoms with Crippen molar-refractivity contribution in [3.05, 3.63) is 83.9 Å². The maximum Gasteiger partial charge on any atom is 0.264 e. The van der Waals surface area contributed by atoms with Gasteiger partial charge in [-0.05, 0) is 97.2 Å². The van der Waals surface area contributed by atoms with Crippen LogP contribution in [0.2, 0.25) is 0 Å². The number of sulfonamides is 2. The molecule has 3 aliphatic rings. The monoisotopic (exact) mass is 686 g/mol. The molecule has 0 unspecified atom stereocenters. The van der Waals surface area contributed by atoms with Crippen LogP contribution in [0.3, 0.4) is 0 Å². The number of aliphatic hydroxyl groups excluding tert-OH is 1. The van der Waals surface area contributed by atoms with Crippen molar-refractivity contribution in [3.63, 3.8) is 0 Å². The van der Waals surface area contributed by atoms with E-state index in [1.54, 1.807) is 24.3 Å². The summed E-state index contributed by atoms with van der Waals surface area (Å²) >= 11 is 0. The molecule has 0 radical (unpaired) electrons. The maximum atomic E-state index is 14.1. The van der Waals surface area contributed by atoms with Crippen molar-refractivity contribution < 1.29 is 30.4 Å². The summed E-state index contributed by atoms with van der Waals surface area (Å²) in [6, 6.07) is 18.2. The van der Waals surface area contributed by atoms with Crippen LogP contribution < -0.4 is 9.03 Å². The lowest BCUT2D eigenvalue weighted by molar-refractivity contribution is 0.184. The Morgan fingerprint density at radius 2 is 1.11 bits per heavy atom. The molecule has 9 nitrogen and oxygen atoms in total. The quantitative estimate of drug-likeness (QED) is 0.284. The fourth-order valence-corrected chi connectivity index (χ4v) is 11.9. The lowest BCUT2D eigenvalue weighted by Crippen LogP contribution is -2.47. The average molecular weight is 687 g/mol. The molecule has 0 bridgehead atoms. The number of rotatable bonds is 9. The number of aliphatic hydroxyl groups is 1. The van der Waals surface area contributed by atoms with Gasteiger partial charge in [-0.2, -0.15) is 0 Å². The van der Waals surface area contributed by atoms with E-state index in [-0.39, 0.29) is 21.2 Å². The molecule has 2 atom stereocenters. The normalized spacial score (nSPS) is 22.8. The second-order valence-electron chi connectivity index (χ2n) is 13.0. The van der Waals surface area contributed by atoms with Crippen LogP contribution in [0.1, 0.15) is 87.2 Å². The van der Waals surface area contributed by atoms with Gasteiger partial charge in [-0.25, -0.2) is 25.3 Å². The summed E-state index contributed by atoms with van der Waals surface area (Å²) in [5, 5.41) is 10.7. The van der Waals surface area contributed by atoms with Crippen molar-refractivity contribution in [2.45, 2.75) is 98.0 Å². The first-order valence-electron chi connectivity index (χ1n) is 16.2. The van der Waals surface area contributed by atoms with E-state index in [2.05, 4.69) is 4.72 Å². The first-order chi connectivity index (χ1) is 21.9. The Kier molecular flexibility index (Phi) is 9.53. The van der Waals surface area contributed by atoms with Gasteiger partial charge in [-0.15, -0.1) is 0 Å². The van der Waals surface area contributed by atoms with Gasteiger partial charge in [0.2, 0.25) is 0 Å². The van der Waals surface area contributed by atoms with Crippen LogP contribution in [-0.2, 0) is 29.9 Å². The Bertz CT molecular complexity index is 1830. The molecule has 6 rings (SSSR count). The minimum atomic E-state index is -4.30. The Labute approximate surface area is 273 Å². The second kappa shape index (κ2) is 13.3. The Morgan fingerprint density at radius 1 is 0.630 bits per heavy atom. The predicted octanol–water partition coefficient (Wildman–Crippen LogP) is 5.94. The van der Waals surface area contributed by atoms with Gasteiger partial charge in [0.1, 0.15) is 0 Å². The summed E-state index contributed by atoms with van der Waals surface area (Å²) in [7, 11) is -11.9. The molecule has 3 aromatic rings. The summed E-state index contributed by atoms with van der Waals surface area (Å²) in [5.41, 5.74) is 2.56. The minimum absolute atomic E-state index is 0.00925. The standard InChI is InChI=1S/C34H42N2O7S3/c37-34-24-44(38,39)23-33(34)36(46(42,43)32-21-13-28(14-22-32)26-9-5-2-6-10-26)30-17-15-29(16-18-30)35-45(40,41)31-19-11-27(12-20-31)25-7-3-1-4-8-25/h11-22,25-26,33-35,37H,1-10,23-24H2/t33-,34-/m0/s1. The number of anilines is 2. The molecular weight excluding hydrogens is 645 g/mol. The molecule has 0 aromatic heterocycles. The molecular formula is C34H42N2O7S3. The zero-order valence-electron chi connectivity index (χ0n) is 25.8. The number of hydrogen-bond donors (Lipinski definition) is 2. The third-order valence-corrected chi connectivity index (χ3v) is 14.7. The van der Waals surface area contributed by atoms with E-state index in [1.165, 1.54) is 49.9 Å². The first kappa shape index (κ1) is 33.0. The summed E-state index contributed by atoms with van der Waals surface area (Å²) in [5.74, 6) is -0.233. The van der Waals surface area contributed by atoms with Crippen molar-refractivity contribution in [2.75, 3.05) is 20.5 Å². The van der Waals surface area contributed by atoms with Crippen LogP contribution in [-0.4, -0.2) is 54.0 Å². The molecule has 3 aromatic carbocycles. The third-order valence-electron chi connectivity index (χ3n) is 9.75. The van der Waals surface area contributed by atoms with Crippen LogP contribution in [0.5, 0.6) is 0 Å². The number of sulfone groups is 1. The summed E-state index contributed by atoms with van der Waals surface area (Å²) < 4.78 is 83.1. The molecule has 2 N–H and O–H groups in total. The molecule has 1 aliphatic heterocycles. The maximum absolute atomic E-state index is 14.1. The minimum Gasteiger partial charge on any atom is -0.390 e. The SMILES string of the molecule is O=S1(=O)C[C@H](O)[C@@H](N(c2ccc(NS(=O)(=O)c3ccc(C4CCCCC4)cc3)cc2)S(=O)(=O)c2ccc(C3CCCCC3)cc2)C1. The molecule has 248 valence electrons. The molecule has 1 saturated heterocycles. The smallest absolute Gasteiger partial charge is 0.264 e. The molecule has 2 saturated carbocycles. The molecule has 0 spiro atoms. The number of nitrogens with one attached hydrogen (secondary N) is 1. The van der Waals surface area contributed by atoms with Crippen molar-refractivity contribution in [2.24, 2.45) is 0 Å². The largest absolute Gasteiger partial charge is 0.390 e. The Balaban J connectivity index is 1.25. The van der Waals surface area contributed by atoms with E-state index in [0.29, 0.717) is 11.8 Å². The predicted molar refractivity (Wildman–Crippen MR) is 180 cm³/mol. The van der Waals surface area contributed by atoms with Gasteiger partial charge in [-0.1, -0.05) is 62.8 Å². The molecule has 3 fully saturated rings. The fourth-order valence-electron chi connectivity index (χ4n) is 7.25. The van der Waals surface area contributed by atoms with Gasteiger partial charge < -0.3 is 5.11 Å². The van der Waals surface area contributed by atoms with Crippen LogP contribution >= 0.6 is 0 Å². The highest BCUT2D eigenvalue weighted by molar-refractivity contribution is 7.93. The van der Waals surface area contributed by atoms with Crippen molar-refractivity contribution in [3.8, 4) is 0 Å². The zero-order chi connectivity index (χ0) is 32.5. The van der Waals surface area contributed by atoms with E-state index >= 15 is 0 Å². The summed E-state index contributed by atoms with van der Waals surface area (Å²) in [6.07, 6.45) is 10.0. The van der Waals surface area contributed by atoms with Gasteiger partial charge >= 0.3 is 0 Å². The zero-order valence-corrected chi connectivity index (χ0v) is 28.2. The van der Waals surface area contributed by atoms with E-state index in [4.69, 9.17) is 0 Å². The number of nitrogens with zero attached hydrogens (tertiary/aromatic N) is 1. The first-order valence-corrected chi connectivity index (χ1v) is 20.9. The van der Waals surface area contributed by atoms with Crippen molar-refractivity contribution in [1.82, 2.24) is 0 Å². The topological polar surface area (TPSA) is 138 Å². The van der Waals surface area contributed by atoms with Crippen LogP contribution in [0.25, 0.3) is 0 Å². The lowest BCUT2D eigenvalue weighted by atomic mass is 9.84. The Morgan fingerprint density at radius 3 is 1.57 bits per heavy atom. The molecule has 12 heteroatoms. The van der Waals surface area contributed by atoms with Crippen molar-refractivity contribution >= 4 is 41.3 Å². The molecule has 46 heavy (non-hydrogen) atoms. The van der Waals surface area contributed by atoms with Crippen LogP contribution in [0.15, 0.2) is 82.6 Å². The summed E-state index contributed by atoms with van der Waals surface area (Å²) in [4.78, 5) is 0.112. The highest BCUT2D eigenvalue weighted by atomic mass is 32.2. The van der Waals surface area contributed by atoms with Gasteiger partial charge in [0.05, 0.1) is 39.1 Å². The van der Waals surface area contributed by atoms with Crippen molar-refractivity contribution in [1.29, 1.82) is 0 Å². The van der Waals surface area contributed by atoms with Gasteiger partial charge in [0, 0.05) is 5.69 Å². The number of hydrogen-bond acceptors (Lipinski definition) is 7. The lowest BCUT2D eigenvalue weighted by Gasteiger charge is -2.31. The van der Waals surface area contributed by atoms with Crippen LogP contribution in [0, 0.1) is 0 Å². The van der Waals surface area contributed by atoms with E-state index in [1.807, 2.05) is 24.3 Å². The summed E-state index contributed by atoms with van der Waals surface area (Å²) in [6.45, 7) is 0. The fraction of sp³-hybridized carbons (Fsp3) is 0.471. The van der Waals surface area contributed by atoms with Gasteiger partial charge in [0.15, 0.2) is 9.84 Å². The third kappa shape index (κ3) is 7.14. The van der Waals surface area contributed by atoms with Crippen LogP contribution in [0.4, 0.5) is 11.4 Å². The average Bonchev–Trinajstić information content (AvgIpc) is 3.33. The van der Waals surface area contributed by atoms with E-state index in [9.17, 15) is 30.4 Å². The molecule has 2 aliphatic carbocycles. The second-order valence-corrected chi connectivity index (χ2v) is 18.6. The van der Waals surface area contributed by atoms with Gasteiger partial charge in [-0.3, -0.25) is 9.03 Å². The van der Waals surface area contributed by atoms with E-state index in [0.717, 1.165) is 54.0 Å². The highest BCUT2D eigenvalue weighted by Crippen LogP contribution is 2.36. The Hall–Kier alpha value is -2.93.